The summed E-state index contributed by atoms with van der Waals surface area (Å²) in [4.78, 5) is 1.25. The minimum atomic E-state index is 0.396. The number of hydrogen-bond donors (Lipinski definition) is 1. The molecular weight excluding hydrogens is 192 g/mol. The first-order chi connectivity index (χ1) is 6.81. The van der Waals surface area contributed by atoms with Crippen LogP contribution in [0.15, 0.2) is 35.7 Å². The number of hydrogen-bond acceptors (Lipinski definition) is 2. The summed E-state index contributed by atoms with van der Waals surface area (Å²) in [5.74, 6) is 0.396. The molecule has 0 aliphatic carbocycles. The van der Waals surface area contributed by atoms with Gasteiger partial charge in [-0.2, -0.15) is 0 Å². The molecule has 1 nitrogen and oxygen atoms in total. The predicted molar refractivity (Wildman–Crippen MR) is 60.8 cm³/mol. The molecule has 0 radical (unpaired) electrons. The second kappa shape index (κ2) is 3.84. The van der Waals surface area contributed by atoms with Crippen LogP contribution in [0.25, 0.3) is 10.4 Å². The van der Waals surface area contributed by atoms with Gasteiger partial charge < -0.3 is 5.11 Å². The monoisotopic (exact) mass is 204 g/mol. The Bertz CT molecular complexity index is 418. The van der Waals surface area contributed by atoms with E-state index in [1.807, 2.05) is 19.1 Å². The molecule has 0 amide bonds. The summed E-state index contributed by atoms with van der Waals surface area (Å²) in [6.45, 7) is 2.05. The highest BCUT2D eigenvalue weighted by atomic mass is 32.1. The SMILES string of the molecule is CCc1cc(-c2cccs2)ccc1O. The largest absolute Gasteiger partial charge is 0.508 e. The van der Waals surface area contributed by atoms with E-state index in [2.05, 4.69) is 17.5 Å². The standard InChI is InChI=1S/C12H12OS/c1-2-9-8-10(5-6-11(9)13)12-4-3-7-14-12/h3-8,13H,2H2,1H3. The molecule has 2 heteroatoms. The first-order valence-corrected chi connectivity index (χ1v) is 5.55. The van der Waals surface area contributed by atoms with Gasteiger partial charge in [0.1, 0.15) is 5.75 Å². The molecule has 0 fully saturated rings. The topological polar surface area (TPSA) is 20.2 Å². The highest BCUT2D eigenvalue weighted by Crippen LogP contribution is 2.29. The van der Waals surface area contributed by atoms with Gasteiger partial charge in [0.2, 0.25) is 0 Å². The Balaban J connectivity index is 2.46. The van der Waals surface area contributed by atoms with Crippen molar-refractivity contribution in [3.05, 3.63) is 41.3 Å². The van der Waals surface area contributed by atoms with Crippen LogP contribution in [0, 0.1) is 0 Å². The van der Waals surface area contributed by atoms with Crippen molar-refractivity contribution in [1.29, 1.82) is 0 Å². The molecule has 0 bridgehead atoms. The molecule has 0 saturated carbocycles. The van der Waals surface area contributed by atoms with Crippen molar-refractivity contribution in [3.8, 4) is 16.2 Å². The van der Waals surface area contributed by atoms with Crippen LogP contribution in [-0.4, -0.2) is 5.11 Å². The van der Waals surface area contributed by atoms with Crippen molar-refractivity contribution in [2.75, 3.05) is 0 Å². The lowest BCUT2D eigenvalue weighted by Gasteiger charge is -2.03. The van der Waals surface area contributed by atoms with Crippen molar-refractivity contribution in [2.24, 2.45) is 0 Å². The maximum absolute atomic E-state index is 9.54. The van der Waals surface area contributed by atoms with E-state index in [9.17, 15) is 5.11 Å². The van der Waals surface area contributed by atoms with Crippen LogP contribution in [0.5, 0.6) is 5.75 Å². The number of phenolic OH excluding ortho intramolecular Hbond substituents is 1. The Morgan fingerprint density at radius 3 is 2.79 bits per heavy atom. The zero-order valence-corrected chi connectivity index (χ0v) is 8.84. The summed E-state index contributed by atoms with van der Waals surface area (Å²) in [5.41, 5.74) is 2.20. The van der Waals surface area contributed by atoms with E-state index in [1.165, 1.54) is 10.4 Å². The van der Waals surface area contributed by atoms with Gasteiger partial charge in [-0.3, -0.25) is 0 Å². The Hall–Kier alpha value is -1.28. The van der Waals surface area contributed by atoms with Gasteiger partial charge in [-0.1, -0.05) is 13.0 Å². The highest BCUT2D eigenvalue weighted by Gasteiger charge is 2.03. The zero-order valence-electron chi connectivity index (χ0n) is 8.03. The minimum absolute atomic E-state index is 0.396. The Labute approximate surface area is 87.7 Å². The van der Waals surface area contributed by atoms with Crippen molar-refractivity contribution in [1.82, 2.24) is 0 Å². The summed E-state index contributed by atoms with van der Waals surface area (Å²) in [5, 5.41) is 11.6. The predicted octanol–water partition coefficient (Wildman–Crippen LogP) is 3.68. The fourth-order valence-corrected chi connectivity index (χ4v) is 2.19. The van der Waals surface area contributed by atoms with E-state index >= 15 is 0 Å². The van der Waals surface area contributed by atoms with Crippen LogP contribution in [0.1, 0.15) is 12.5 Å². The van der Waals surface area contributed by atoms with E-state index in [-0.39, 0.29) is 0 Å². The van der Waals surface area contributed by atoms with Gasteiger partial charge in [-0.25, -0.2) is 0 Å². The Morgan fingerprint density at radius 2 is 2.14 bits per heavy atom. The average Bonchev–Trinajstić information content (AvgIpc) is 2.71. The molecule has 0 aliphatic heterocycles. The number of rotatable bonds is 2. The minimum Gasteiger partial charge on any atom is -0.508 e. The molecule has 2 rings (SSSR count). The van der Waals surface area contributed by atoms with E-state index in [0.29, 0.717) is 5.75 Å². The van der Waals surface area contributed by atoms with Crippen molar-refractivity contribution >= 4 is 11.3 Å². The van der Waals surface area contributed by atoms with Gasteiger partial charge in [0.25, 0.3) is 0 Å². The van der Waals surface area contributed by atoms with Gasteiger partial charge in [0, 0.05) is 4.88 Å². The number of phenols is 1. The summed E-state index contributed by atoms with van der Waals surface area (Å²) in [7, 11) is 0. The smallest absolute Gasteiger partial charge is 0.118 e. The van der Waals surface area contributed by atoms with E-state index < -0.39 is 0 Å². The molecule has 72 valence electrons. The fraction of sp³-hybridized carbons (Fsp3) is 0.167. The number of thiophene rings is 1. The zero-order chi connectivity index (χ0) is 9.97. The summed E-state index contributed by atoms with van der Waals surface area (Å²) < 4.78 is 0. The molecule has 1 aromatic heterocycles. The van der Waals surface area contributed by atoms with E-state index in [0.717, 1.165) is 12.0 Å². The molecule has 0 unspecified atom stereocenters. The van der Waals surface area contributed by atoms with Crippen LogP contribution in [0.2, 0.25) is 0 Å². The van der Waals surface area contributed by atoms with E-state index in [4.69, 9.17) is 0 Å². The maximum atomic E-state index is 9.54. The molecule has 0 atom stereocenters. The molecule has 0 spiro atoms. The quantitative estimate of drug-likeness (QED) is 0.791. The Kier molecular flexibility index (Phi) is 2.55. The molecule has 14 heavy (non-hydrogen) atoms. The van der Waals surface area contributed by atoms with Gasteiger partial charge in [-0.05, 0) is 47.2 Å². The van der Waals surface area contributed by atoms with Crippen molar-refractivity contribution in [3.63, 3.8) is 0 Å². The first-order valence-electron chi connectivity index (χ1n) is 4.67. The molecule has 2 aromatic rings. The van der Waals surface area contributed by atoms with Crippen LogP contribution in [-0.2, 0) is 6.42 Å². The summed E-state index contributed by atoms with van der Waals surface area (Å²) >= 11 is 1.72. The summed E-state index contributed by atoms with van der Waals surface area (Å²) in [6, 6.07) is 9.92. The van der Waals surface area contributed by atoms with Crippen LogP contribution < -0.4 is 0 Å². The molecule has 1 aromatic carbocycles. The van der Waals surface area contributed by atoms with Crippen molar-refractivity contribution in [2.45, 2.75) is 13.3 Å². The third-order valence-corrected chi connectivity index (χ3v) is 3.19. The lowest BCUT2D eigenvalue weighted by molar-refractivity contribution is 0.469. The highest BCUT2D eigenvalue weighted by molar-refractivity contribution is 7.13. The molecule has 0 aliphatic rings. The molecule has 1 heterocycles. The van der Waals surface area contributed by atoms with Gasteiger partial charge in [0.05, 0.1) is 0 Å². The molecule has 0 saturated heterocycles. The third kappa shape index (κ3) is 1.66. The number of benzene rings is 1. The first kappa shape index (κ1) is 9.28. The lowest BCUT2D eigenvalue weighted by atomic mass is 10.1. The second-order valence-corrected chi connectivity index (χ2v) is 4.12. The van der Waals surface area contributed by atoms with E-state index in [1.54, 1.807) is 17.4 Å². The second-order valence-electron chi connectivity index (χ2n) is 3.17. The third-order valence-electron chi connectivity index (χ3n) is 2.27. The lowest BCUT2D eigenvalue weighted by Crippen LogP contribution is -1.82. The van der Waals surface area contributed by atoms with Crippen molar-refractivity contribution < 1.29 is 5.11 Å². The number of aryl methyl sites for hydroxylation is 1. The van der Waals surface area contributed by atoms with Crippen LogP contribution >= 0.6 is 11.3 Å². The van der Waals surface area contributed by atoms with Crippen LogP contribution in [0.4, 0.5) is 0 Å². The van der Waals surface area contributed by atoms with Crippen LogP contribution in [0.3, 0.4) is 0 Å². The van der Waals surface area contributed by atoms with Gasteiger partial charge in [0.15, 0.2) is 0 Å². The normalized spacial score (nSPS) is 10.4. The summed E-state index contributed by atoms with van der Waals surface area (Å²) in [6.07, 6.45) is 0.866. The Morgan fingerprint density at radius 1 is 1.29 bits per heavy atom. The molecular formula is C12H12OS. The fourth-order valence-electron chi connectivity index (χ4n) is 1.46. The molecule has 1 N–H and O–H groups in total. The maximum Gasteiger partial charge on any atom is 0.118 e. The average molecular weight is 204 g/mol. The van der Waals surface area contributed by atoms with Gasteiger partial charge in [-0.15, -0.1) is 11.3 Å². The number of aromatic hydroxyl groups is 1. The van der Waals surface area contributed by atoms with Gasteiger partial charge >= 0.3 is 0 Å².